The molecule has 5 rings (SSSR count). The third kappa shape index (κ3) is 4.14. The number of nitrogens with zero attached hydrogens (tertiary/aromatic N) is 2. The van der Waals surface area contributed by atoms with Gasteiger partial charge in [-0.2, -0.15) is 0 Å². The first-order chi connectivity index (χ1) is 15.3. The van der Waals surface area contributed by atoms with Gasteiger partial charge in [0, 0.05) is 5.39 Å². The van der Waals surface area contributed by atoms with Crippen LogP contribution in [0, 0.1) is 0 Å². The molecule has 0 saturated carbocycles. The van der Waals surface area contributed by atoms with Crippen molar-refractivity contribution in [3.63, 3.8) is 0 Å². The van der Waals surface area contributed by atoms with E-state index >= 15 is 0 Å². The summed E-state index contributed by atoms with van der Waals surface area (Å²) in [7, 11) is 1.64. The number of methoxy groups -OCH3 is 1. The van der Waals surface area contributed by atoms with Gasteiger partial charge < -0.3 is 18.3 Å². The van der Waals surface area contributed by atoms with Crippen molar-refractivity contribution in [1.82, 2.24) is 10.2 Å². The van der Waals surface area contributed by atoms with Crippen LogP contribution < -0.4 is 9.47 Å². The Balaban J connectivity index is 1.26. The van der Waals surface area contributed by atoms with Gasteiger partial charge in [0.05, 0.1) is 13.5 Å². The molecule has 3 aromatic carbocycles. The van der Waals surface area contributed by atoms with E-state index in [1.54, 1.807) is 7.11 Å². The minimum absolute atomic E-state index is 0.306. The quantitative estimate of drug-likeness (QED) is 0.343. The van der Waals surface area contributed by atoms with Gasteiger partial charge in [-0.15, -0.1) is 10.2 Å². The van der Waals surface area contributed by atoms with Crippen LogP contribution in [0.4, 0.5) is 0 Å². The normalized spacial score (nSPS) is 11.0. The van der Waals surface area contributed by atoms with Crippen molar-refractivity contribution in [2.24, 2.45) is 0 Å². The highest BCUT2D eigenvalue weighted by Crippen LogP contribution is 2.27. The largest absolute Gasteiger partial charge is 0.497 e. The average Bonchev–Trinajstić information content (AvgIpc) is 3.48. The minimum Gasteiger partial charge on any atom is -0.497 e. The molecule has 0 amide bonds. The molecule has 6 nitrogen and oxygen atoms in total. The number of fused-ring (bicyclic) bond motifs is 1. The van der Waals surface area contributed by atoms with Gasteiger partial charge in [-0.1, -0.05) is 48.5 Å². The summed E-state index contributed by atoms with van der Waals surface area (Å²) in [5, 5.41) is 10.4. The van der Waals surface area contributed by atoms with Gasteiger partial charge >= 0.3 is 0 Å². The van der Waals surface area contributed by atoms with Gasteiger partial charge in [0.1, 0.15) is 23.9 Å². The van der Waals surface area contributed by atoms with Crippen LogP contribution in [0.1, 0.15) is 17.2 Å². The van der Waals surface area contributed by atoms with E-state index in [1.165, 1.54) is 0 Å². The highest BCUT2D eigenvalue weighted by atomic mass is 16.5. The maximum absolute atomic E-state index is 5.99. The number of furan rings is 1. The van der Waals surface area contributed by atoms with Gasteiger partial charge in [-0.3, -0.25) is 0 Å². The Kier molecular flexibility index (Phi) is 5.10. The van der Waals surface area contributed by atoms with E-state index < -0.39 is 0 Å². The maximum atomic E-state index is 5.99. The molecular weight excluding hydrogens is 392 g/mol. The summed E-state index contributed by atoms with van der Waals surface area (Å²) in [4.78, 5) is 0. The zero-order valence-electron chi connectivity index (χ0n) is 16.9. The summed E-state index contributed by atoms with van der Waals surface area (Å²) in [5.41, 5.74) is 1.06. The second-order valence-electron chi connectivity index (χ2n) is 7.06. The minimum atomic E-state index is 0.306. The van der Waals surface area contributed by atoms with Gasteiger partial charge in [-0.25, -0.2) is 0 Å². The first-order valence-corrected chi connectivity index (χ1v) is 9.93. The van der Waals surface area contributed by atoms with E-state index in [0.29, 0.717) is 36.3 Å². The molecule has 31 heavy (non-hydrogen) atoms. The lowest BCUT2D eigenvalue weighted by Crippen LogP contribution is -1.94. The molecular formula is C25H20N2O4. The van der Waals surface area contributed by atoms with E-state index in [0.717, 1.165) is 27.8 Å². The SMILES string of the molecule is COc1ccc(Cc2nnc(-c3ccc(COc4cccc5ccccc45)o3)o2)cc1. The topological polar surface area (TPSA) is 70.5 Å². The smallest absolute Gasteiger partial charge is 0.283 e. The number of aromatic nitrogens is 2. The van der Waals surface area contributed by atoms with E-state index in [1.807, 2.05) is 66.7 Å². The Bertz CT molecular complexity index is 1300. The van der Waals surface area contributed by atoms with Crippen molar-refractivity contribution >= 4 is 10.8 Å². The lowest BCUT2D eigenvalue weighted by molar-refractivity contribution is 0.274. The molecule has 154 valence electrons. The Morgan fingerprint density at radius 1 is 0.806 bits per heavy atom. The molecule has 0 unspecified atom stereocenters. The van der Waals surface area contributed by atoms with Crippen molar-refractivity contribution in [2.45, 2.75) is 13.0 Å². The van der Waals surface area contributed by atoms with E-state index in [9.17, 15) is 0 Å². The van der Waals surface area contributed by atoms with Gasteiger partial charge in [0.25, 0.3) is 5.89 Å². The molecule has 6 heteroatoms. The number of hydrogen-bond donors (Lipinski definition) is 0. The van der Waals surface area contributed by atoms with Gasteiger partial charge in [0.15, 0.2) is 5.76 Å². The summed E-state index contributed by atoms with van der Waals surface area (Å²) in [6.45, 7) is 0.306. The van der Waals surface area contributed by atoms with Crippen LogP contribution in [0.3, 0.4) is 0 Å². The zero-order valence-corrected chi connectivity index (χ0v) is 16.9. The average molecular weight is 412 g/mol. The maximum Gasteiger partial charge on any atom is 0.283 e. The molecule has 0 N–H and O–H groups in total. The molecule has 0 aliphatic rings. The molecule has 0 fully saturated rings. The van der Waals surface area contributed by atoms with Gasteiger partial charge in [0.2, 0.25) is 5.89 Å². The molecule has 0 spiro atoms. The van der Waals surface area contributed by atoms with Crippen molar-refractivity contribution in [3.8, 4) is 23.1 Å². The second kappa shape index (κ2) is 8.36. The van der Waals surface area contributed by atoms with Crippen LogP contribution in [0.15, 0.2) is 87.7 Å². The predicted molar refractivity (Wildman–Crippen MR) is 116 cm³/mol. The van der Waals surface area contributed by atoms with Crippen LogP contribution in [0.25, 0.3) is 22.4 Å². The second-order valence-corrected chi connectivity index (χ2v) is 7.06. The van der Waals surface area contributed by atoms with Crippen LogP contribution >= 0.6 is 0 Å². The van der Waals surface area contributed by atoms with Crippen LogP contribution in [0.2, 0.25) is 0 Å². The molecule has 0 radical (unpaired) electrons. The number of hydrogen-bond acceptors (Lipinski definition) is 6. The first kappa shape index (κ1) is 18.9. The summed E-state index contributed by atoms with van der Waals surface area (Å²) in [5.74, 6) is 3.69. The Morgan fingerprint density at radius 3 is 2.52 bits per heavy atom. The predicted octanol–water partition coefficient (Wildman–Crippen LogP) is 5.66. The fourth-order valence-electron chi connectivity index (χ4n) is 3.38. The lowest BCUT2D eigenvalue weighted by atomic mass is 10.1. The molecule has 0 aliphatic carbocycles. The fourth-order valence-corrected chi connectivity index (χ4v) is 3.38. The van der Waals surface area contributed by atoms with Crippen molar-refractivity contribution in [3.05, 3.63) is 96.1 Å². The van der Waals surface area contributed by atoms with Crippen LogP contribution in [-0.4, -0.2) is 17.3 Å². The molecule has 2 heterocycles. The summed E-state index contributed by atoms with van der Waals surface area (Å²) >= 11 is 0. The lowest BCUT2D eigenvalue weighted by Gasteiger charge is -2.07. The number of benzene rings is 3. The van der Waals surface area contributed by atoms with Crippen molar-refractivity contribution in [1.29, 1.82) is 0 Å². The first-order valence-electron chi connectivity index (χ1n) is 9.93. The van der Waals surface area contributed by atoms with Crippen molar-refractivity contribution < 1.29 is 18.3 Å². The summed E-state index contributed by atoms with van der Waals surface area (Å²) < 4.78 is 22.8. The van der Waals surface area contributed by atoms with Crippen LogP contribution in [-0.2, 0) is 13.0 Å². The highest BCUT2D eigenvalue weighted by Gasteiger charge is 2.14. The number of rotatable bonds is 7. The van der Waals surface area contributed by atoms with Crippen molar-refractivity contribution in [2.75, 3.05) is 7.11 Å². The number of ether oxygens (including phenoxy) is 2. The van der Waals surface area contributed by atoms with E-state index in [2.05, 4.69) is 22.3 Å². The molecule has 0 bridgehead atoms. The Hall–Kier alpha value is -4.06. The fraction of sp³-hybridized carbons (Fsp3) is 0.120. The molecule has 2 aromatic heterocycles. The van der Waals surface area contributed by atoms with E-state index in [4.69, 9.17) is 18.3 Å². The monoisotopic (exact) mass is 412 g/mol. The Labute approximate surface area is 179 Å². The summed E-state index contributed by atoms with van der Waals surface area (Å²) in [6, 6.07) is 25.5. The highest BCUT2D eigenvalue weighted by molar-refractivity contribution is 5.88. The third-order valence-electron chi connectivity index (χ3n) is 4.97. The zero-order chi connectivity index (χ0) is 21.0. The molecule has 5 aromatic rings. The summed E-state index contributed by atoms with van der Waals surface area (Å²) in [6.07, 6.45) is 0.536. The Morgan fingerprint density at radius 2 is 1.65 bits per heavy atom. The van der Waals surface area contributed by atoms with E-state index in [-0.39, 0.29) is 0 Å². The standard InChI is InChI=1S/C25H20N2O4/c1-28-19-11-9-17(10-12-19)15-24-26-27-25(31-24)23-14-13-20(30-23)16-29-22-8-4-6-18-5-2-3-7-21(18)22/h2-14H,15-16H2,1H3. The molecule has 0 saturated heterocycles. The van der Waals surface area contributed by atoms with Crippen LogP contribution in [0.5, 0.6) is 11.5 Å². The van der Waals surface area contributed by atoms with Gasteiger partial charge in [-0.05, 0) is 41.3 Å². The molecule has 0 atom stereocenters. The third-order valence-corrected chi connectivity index (χ3v) is 4.97. The molecule has 0 aliphatic heterocycles.